The summed E-state index contributed by atoms with van der Waals surface area (Å²) in [5, 5.41) is 13.3. The van der Waals surface area contributed by atoms with Gasteiger partial charge in [-0.15, -0.1) is 0 Å². The summed E-state index contributed by atoms with van der Waals surface area (Å²) < 4.78 is 0. The lowest BCUT2D eigenvalue weighted by Crippen LogP contribution is -2.82. The van der Waals surface area contributed by atoms with Crippen molar-refractivity contribution in [2.24, 2.45) is 33.5 Å². The van der Waals surface area contributed by atoms with Crippen LogP contribution < -0.4 is 0 Å². The molecule has 1 N–H and O–H groups in total. The molecule has 5 saturated carbocycles. The summed E-state index contributed by atoms with van der Waals surface area (Å²) >= 11 is 0. The van der Waals surface area contributed by atoms with Gasteiger partial charge in [-0.05, 0) is 82.6 Å². The number of ketones is 3. The monoisotopic (exact) mass is 500 g/mol. The predicted octanol–water partition coefficient (Wildman–Crippen LogP) is 6.17. The van der Waals surface area contributed by atoms with Crippen LogP contribution >= 0.6 is 0 Å². The second-order valence-electron chi connectivity index (χ2n) is 14.2. The van der Waals surface area contributed by atoms with Gasteiger partial charge in [-0.3, -0.25) is 14.4 Å². The number of benzene rings is 1. The summed E-state index contributed by atoms with van der Waals surface area (Å²) in [7, 11) is 0. The lowest BCUT2D eigenvalue weighted by molar-refractivity contribution is -0.240. The SMILES string of the molecule is CC(C)=CC[C@H]1C[C@@]23C[C@H]4C(C)(C)c5ccccc5C(=O)C45C(=O)[C@@](CC=C(C)C)(CC1(C)C52O)C3=O. The van der Waals surface area contributed by atoms with E-state index in [0.29, 0.717) is 31.2 Å². The largest absolute Gasteiger partial charge is 0.387 e. The van der Waals surface area contributed by atoms with E-state index in [0.717, 1.165) is 17.6 Å². The minimum Gasteiger partial charge on any atom is -0.387 e. The van der Waals surface area contributed by atoms with E-state index in [1.807, 2.05) is 44.2 Å². The number of fused-ring (bicyclic) bond motifs is 1. The molecule has 0 amide bonds. The van der Waals surface area contributed by atoms with Gasteiger partial charge >= 0.3 is 0 Å². The van der Waals surface area contributed by atoms with Crippen molar-refractivity contribution in [1.29, 1.82) is 0 Å². The molecular weight excluding hydrogens is 460 g/mol. The first-order valence-corrected chi connectivity index (χ1v) is 13.9. The Bertz CT molecular complexity index is 1340. The minimum atomic E-state index is -1.68. The number of hydrogen-bond acceptors (Lipinski definition) is 4. The highest BCUT2D eigenvalue weighted by Gasteiger charge is 2.97. The maximum Gasteiger partial charge on any atom is 0.180 e. The summed E-state index contributed by atoms with van der Waals surface area (Å²) in [6.07, 6.45) is 6.54. The Labute approximate surface area is 220 Å². The van der Waals surface area contributed by atoms with E-state index in [9.17, 15) is 14.7 Å². The first-order chi connectivity index (χ1) is 17.2. The molecule has 6 aliphatic rings. The fourth-order valence-electron chi connectivity index (χ4n) is 10.3. The quantitative estimate of drug-likeness (QED) is 0.397. The highest BCUT2D eigenvalue weighted by atomic mass is 16.3. The molecular formula is C33H40O4. The Balaban J connectivity index is 1.71. The van der Waals surface area contributed by atoms with Crippen molar-refractivity contribution in [2.45, 2.75) is 91.6 Å². The molecule has 1 aromatic carbocycles. The average molecular weight is 501 g/mol. The van der Waals surface area contributed by atoms with Crippen molar-refractivity contribution in [1.82, 2.24) is 0 Å². The van der Waals surface area contributed by atoms with Crippen molar-refractivity contribution in [2.75, 3.05) is 0 Å². The van der Waals surface area contributed by atoms with Gasteiger partial charge in [0.05, 0.1) is 10.8 Å². The van der Waals surface area contributed by atoms with Crippen LogP contribution in [-0.2, 0) is 15.0 Å². The van der Waals surface area contributed by atoms with Gasteiger partial charge < -0.3 is 5.11 Å². The van der Waals surface area contributed by atoms with Crippen LogP contribution in [0.15, 0.2) is 47.6 Å². The van der Waals surface area contributed by atoms with Gasteiger partial charge in [-0.2, -0.15) is 0 Å². The van der Waals surface area contributed by atoms with E-state index >= 15 is 4.79 Å². The average Bonchev–Trinajstić information content (AvgIpc) is 3.15. The number of carbonyl (C=O) groups excluding carboxylic acids is 3. The van der Waals surface area contributed by atoms with Crippen molar-refractivity contribution < 1.29 is 19.5 Å². The molecule has 0 aromatic heterocycles. The van der Waals surface area contributed by atoms with Gasteiger partial charge in [0.25, 0.3) is 0 Å². The fraction of sp³-hybridized carbons (Fsp3) is 0.606. The minimum absolute atomic E-state index is 0.0314. The topological polar surface area (TPSA) is 71.4 Å². The van der Waals surface area contributed by atoms with Crippen LogP contribution in [0.4, 0.5) is 0 Å². The second kappa shape index (κ2) is 7.00. The molecule has 0 saturated heterocycles. The van der Waals surface area contributed by atoms with Gasteiger partial charge in [0, 0.05) is 11.0 Å². The van der Waals surface area contributed by atoms with E-state index in [-0.39, 0.29) is 23.3 Å². The van der Waals surface area contributed by atoms with Gasteiger partial charge in [-0.1, -0.05) is 68.3 Å². The van der Waals surface area contributed by atoms with Crippen molar-refractivity contribution in [3.05, 3.63) is 58.7 Å². The van der Waals surface area contributed by atoms with Gasteiger partial charge in [0.1, 0.15) is 11.0 Å². The van der Waals surface area contributed by atoms with Crippen LogP contribution in [0.5, 0.6) is 0 Å². The van der Waals surface area contributed by atoms with Crippen molar-refractivity contribution in [3.63, 3.8) is 0 Å². The Kier molecular flexibility index (Phi) is 4.72. The molecule has 37 heavy (non-hydrogen) atoms. The molecule has 4 nitrogen and oxygen atoms in total. The standard InChI is InChI=1S/C33H40O4/c1-19(2)12-13-21-16-31-17-24-28(5,6)23-11-9-8-10-22(23)25(34)32(24)27(36)30(26(31)35,15-14-20(3)4)18-29(21,7)33(31,32)37/h8-12,14,21,24,37H,13,15-18H2,1-7H3/t21-,24-,29?,30-,31-,32?,33?/m0/s1. The number of Topliss-reactive ketones (excluding diaryl/α,β-unsaturated/α-hetero) is 3. The van der Waals surface area contributed by atoms with Crippen LogP contribution in [0, 0.1) is 33.5 Å². The van der Waals surface area contributed by atoms with E-state index in [2.05, 4.69) is 40.7 Å². The maximum absolute atomic E-state index is 15.0. The zero-order valence-electron chi connectivity index (χ0n) is 23.3. The van der Waals surface area contributed by atoms with Crippen LogP contribution in [0.3, 0.4) is 0 Å². The lowest BCUT2D eigenvalue weighted by Gasteiger charge is -2.68. The van der Waals surface area contributed by atoms with Crippen LogP contribution in [0.25, 0.3) is 0 Å². The summed E-state index contributed by atoms with van der Waals surface area (Å²) in [6, 6.07) is 7.61. The first-order valence-electron chi connectivity index (χ1n) is 13.9. The fourth-order valence-corrected chi connectivity index (χ4v) is 10.3. The molecule has 0 aliphatic heterocycles. The first kappa shape index (κ1) is 25.0. The predicted molar refractivity (Wildman–Crippen MR) is 143 cm³/mol. The third kappa shape index (κ3) is 2.32. The van der Waals surface area contributed by atoms with Crippen LogP contribution in [0.1, 0.15) is 96.5 Å². The van der Waals surface area contributed by atoms with Crippen LogP contribution in [0.2, 0.25) is 0 Å². The summed E-state index contributed by atoms with van der Waals surface area (Å²) in [5.41, 5.74) is -3.14. The van der Waals surface area contributed by atoms with E-state index in [4.69, 9.17) is 0 Å². The third-order valence-electron chi connectivity index (χ3n) is 11.8. The zero-order chi connectivity index (χ0) is 27.0. The Morgan fingerprint density at radius 2 is 1.59 bits per heavy atom. The normalized spacial score (nSPS) is 43.9. The van der Waals surface area contributed by atoms with Crippen molar-refractivity contribution >= 4 is 17.3 Å². The number of hydrogen-bond donors (Lipinski definition) is 1. The van der Waals surface area contributed by atoms with E-state index < -0.39 is 38.6 Å². The smallest absolute Gasteiger partial charge is 0.180 e. The Hall–Kier alpha value is -2.33. The molecule has 1 spiro atoms. The molecule has 6 aliphatic carbocycles. The number of carbonyl (C=O) groups is 3. The van der Waals surface area contributed by atoms with Gasteiger partial charge in [-0.25, -0.2) is 0 Å². The molecule has 0 heterocycles. The molecule has 5 bridgehead atoms. The molecule has 3 unspecified atom stereocenters. The molecule has 4 heteroatoms. The van der Waals surface area contributed by atoms with Gasteiger partial charge in [0.15, 0.2) is 17.3 Å². The number of aliphatic hydroxyl groups is 1. The van der Waals surface area contributed by atoms with Crippen LogP contribution in [-0.4, -0.2) is 28.1 Å². The number of allylic oxidation sites excluding steroid dienone is 4. The Morgan fingerprint density at radius 3 is 2.24 bits per heavy atom. The third-order valence-corrected chi connectivity index (χ3v) is 11.8. The number of rotatable bonds is 4. The molecule has 0 radical (unpaired) electrons. The molecule has 196 valence electrons. The molecule has 5 fully saturated rings. The van der Waals surface area contributed by atoms with Crippen molar-refractivity contribution in [3.8, 4) is 0 Å². The molecule has 7 rings (SSSR count). The highest BCUT2D eigenvalue weighted by Crippen LogP contribution is 2.87. The van der Waals surface area contributed by atoms with E-state index in [1.54, 1.807) is 0 Å². The Morgan fingerprint density at radius 1 is 0.946 bits per heavy atom. The maximum atomic E-state index is 15.0. The highest BCUT2D eigenvalue weighted by molar-refractivity contribution is 6.29. The molecule has 7 atom stereocenters. The zero-order valence-corrected chi connectivity index (χ0v) is 23.3. The van der Waals surface area contributed by atoms with Gasteiger partial charge in [0.2, 0.25) is 0 Å². The summed E-state index contributed by atoms with van der Waals surface area (Å²) in [5.74, 6) is -1.01. The molecule has 1 aromatic rings. The summed E-state index contributed by atoms with van der Waals surface area (Å²) in [4.78, 5) is 44.7. The summed E-state index contributed by atoms with van der Waals surface area (Å²) in [6.45, 7) is 14.4. The second-order valence-corrected chi connectivity index (χ2v) is 14.2. The lowest BCUT2D eigenvalue weighted by atomic mass is 9.33. The van der Waals surface area contributed by atoms with E-state index in [1.165, 1.54) is 5.57 Å².